The number of benzene rings is 3. The van der Waals surface area contributed by atoms with Crippen LogP contribution in [-0.4, -0.2) is 56.0 Å². The Labute approximate surface area is 227 Å². The third-order valence-electron chi connectivity index (χ3n) is 6.20. The van der Waals surface area contributed by atoms with Crippen LogP contribution >= 0.6 is 11.6 Å². The van der Waals surface area contributed by atoms with Gasteiger partial charge in [-0.05, 0) is 73.3 Å². The molecule has 0 aromatic heterocycles. The summed E-state index contributed by atoms with van der Waals surface area (Å²) in [5.74, 6) is -0.999. The average molecular weight is 532 g/mol. The van der Waals surface area contributed by atoms with E-state index in [0.717, 1.165) is 22.4 Å². The molecule has 0 saturated heterocycles. The van der Waals surface area contributed by atoms with Crippen molar-refractivity contribution < 1.29 is 14.4 Å². The largest absolute Gasteiger partial charge is 0.352 e. The van der Waals surface area contributed by atoms with Crippen LogP contribution in [0.2, 0.25) is 5.02 Å². The number of hydrogen-bond donors (Lipinski definition) is 2. The van der Waals surface area contributed by atoms with Crippen molar-refractivity contribution in [1.29, 1.82) is 0 Å². The van der Waals surface area contributed by atoms with Gasteiger partial charge in [-0.15, -0.1) is 0 Å². The molecule has 1 heterocycles. The van der Waals surface area contributed by atoms with Gasteiger partial charge in [0, 0.05) is 36.9 Å². The van der Waals surface area contributed by atoms with E-state index in [1.165, 1.54) is 6.92 Å². The molecular weight excluding hydrogens is 502 g/mol. The van der Waals surface area contributed by atoms with E-state index in [0.29, 0.717) is 35.2 Å². The summed E-state index contributed by atoms with van der Waals surface area (Å²) >= 11 is 6.17. The number of hydrogen-bond acceptors (Lipinski definition) is 5. The fraction of sp³-hybridized carbons (Fsp3) is 0.241. The molecule has 38 heavy (non-hydrogen) atoms. The zero-order valence-electron chi connectivity index (χ0n) is 21.8. The molecule has 8 nitrogen and oxygen atoms in total. The molecule has 4 rings (SSSR count). The minimum absolute atomic E-state index is 0.0270. The summed E-state index contributed by atoms with van der Waals surface area (Å²) in [6.07, 6.45) is 0. The molecule has 3 aromatic rings. The maximum absolute atomic E-state index is 13.2. The molecule has 196 valence electrons. The van der Waals surface area contributed by atoms with Crippen molar-refractivity contribution in [1.82, 2.24) is 10.2 Å². The third kappa shape index (κ3) is 6.27. The molecule has 9 heteroatoms. The highest BCUT2D eigenvalue weighted by Gasteiger charge is 2.35. The minimum Gasteiger partial charge on any atom is -0.352 e. The van der Waals surface area contributed by atoms with Crippen molar-refractivity contribution in [2.24, 2.45) is 4.99 Å². The van der Waals surface area contributed by atoms with Crippen molar-refractivity contribution in [3.8, 4) is 0 Å². The topological polar surface area (TPSA) is 94.1 Å². The van der Waals surface area contributed by atoms with Gasteiger partial charge < -0.3 is 20.4 Å². The average Bonchev–Trinajstić information content (AvgIpc) is 3.20. The van der Waals surface area contributed by atoms with E-state index in [1.807, 2.05) is 73.6 Å². The Kier molecular flexibility index (Phi) is 8.24. The van der Waals surface area contributed by atoms with Gasteiger partial charge in [0.05, 0.1) is 17.9 Å². The number of nitrogens with zero attached hydrogens (tertiary/aromatic N) is 3. The van der Waals surface area contributed by atoms with E-state index in [-0.39, 0.29) is 17.7 Å². The summed E-state index contributed by atoms with van der Waals surface area (Å²) < 4.78 is 0. The van der Waals surface area contributed by atoms with E-state index in [4.69, 9.17) is 16.6 Å². The van der Waals surface area contributed by atoms with Gasteiger partial charge in [0.1, 0.15) is 5.92 Å². The van der Waals surface area contributed by atoms with Crippen molar-refractivity contribution in [2.75, 3.05) is 37.9 Å². The molecule has 1 aliphatic rings. The standard InChI is InChI=1S/C29H30ClN5O3/c1-18(36)31-16-19-6-5-7-20(14-19)28(27-24-13-8-21(30)15-25(24)33-29(27)38)32-22-9-11-23(12-10-22)35(4)26(37)17-34(2)3/h5-15,27H,16-17H2,1-4H3,(H,31,36)(H,33,38). The first-order chi connectivity index (χ1) is 18.1. The van der Waals surface area contributed by atoms with E-state index >= 15 is 0 Å². The molecule has 3 amide bonds. The number of halogens is 1. The van der Waals surface area contributed by atoms with Crippen LogP contribution < -0.4 is 15.5 Å². The highest BCUT2D eigenvalue weighted by Crippen LogP contribution is 2.38. The molecular formula is C29H30ClN5O3. The normalized spacial score (nSPS) is 14.7. The number of rotatable bonds is 8. The summed E-state index contributed by atoms with van der Waals surface area (Å²) in [4.78, 5) is 45.5. The zero-order valence-corrected chi connectivity index (χ0v) is 22.5. The maximum atomic E-state index is 13.2. The lowest BCUT2D eigenvalue weighted by molar-refractivity contribution is -0.119. The summed E-state index contributed by atoms with van der Waals surface area (Å²) in [5.41, 5.74) is 5.04. The van der Waals surface area contributed by atoms with E-state index < -0.39 is 5.92 Å². The van der Waals surface area contributed by atoms with Gasteiger partial charge in [0.15, 0.2) is 0 Å². The Morgan fingerprint density at radius 3 is 2.45 bits per heavy atom. The summed E-state index contributed by atoms with van der Waals surface area (Å²) in [7, 11) is 5.43. The van der Waals surface area contributed by atoms with Crippen molar-refractivity contribution in [2.45, 2.75) is 19.4 Å². The second-order valence-electron chi connectivity index (χ2n) is 9.47. The first kappa shape index (κ1) is 27.0. The van der Waals surface area contributed by atoms with Gasteiger partial charge in [-0.3, -0.25) is 19.4 Å². The minimum atomic E-state index is -0.651. The lowest BCUT2D eigenvalue weighted by Crippen LogP contribution is -2.34. The van der Waals surface area contributed by atoms with Crippen molar-refractivity contribution >= 4 is 52.1 Å². The Balaban J connectivity index is 1.74. The van der Waals surface area contributed by atoms with Gasteiger partial charge in [0.2, 0.25) is 17.7 Å². The van der Waals surface area contributed by atoms with Crippen molar-refractivity contribution in [3.63, 3.8) is 0 Å². The molecule has 0 radical (unpaired) electrons. The van der Waals surface area contributed by atoms with Crippen LogP contribution in [0.25, 0.3) is 0 Å². The number of aliphatic imine (C=N–C) groups is 1. The lowest BCUT2D eigenvalue weighted by Gasteiger charge is -2.20. The quantitative estimate of drug-likeness (QED) is 0.422. The Hall–Kier alpha value is -4.01. The van der Waals surface area contributed by atoms with Crippen LogP contribution in [0, 0.1) is 0 Å². The molecule has 0 bridgehead atoms. The van der Waals surface area contributed by atoms with Crippen LogP contribution in [0.15, 0.2) is 71.7 Å². The van der Waals surface area contributed by atoms with E-state index in [9.17, 15) is 14.4 Å². The molecule has 0 aliphatic carbocycles. The highest BCUT2D eigenvalue weighted by atomic mass is 35.5. The zero-order chi connectivity index (χ0) is 27.4. The SMILES string of the molecule is CC(=O)NCc1cccc(C(=Nc2ccc(N(C)C(=O)CN(C)C)cc2)C2C(=O)Nc3cc(Cl)ccc32)c1. The fourth-order valence-corrected chi connectivity index (χ4v) is 4.45. The number of amides is 3. The Morgan fingerprint density at radius 1 is 1.03 bits per heavy atom. The molecule has 0 saturated carbocycles. The van der Waals surface area contributed by atoms with Gasteiger partial charge in [-0.1, -0.05) is 35.9 Å². The van der Waals surface area contributed by atoms with Gasteiger partial charge in [0.25, 0.3) is 0 Å². The first-order valence-electron chi connectivity index (χ1n) is 12.2. The summed E-state index contributed by atoms with van der Waals surface area (Å²) in [6.45, 7) is 2.13. The predicted molar refractivity (Wildman–Crippen MR) is 151 cm³/mol. The fourth-order valence-electron chi connectivity index (χ4n) is 4.28. The number of carbonyl (C=O) groups excluding carboxylic acids is 3. The Bertz CT molecular complexity index is 1400. The van der Waals surface area contributed by atoms with Crippen LogP contribution in [0.1, 0.15) is 29.5 Å². The number of fused-ring (bicyclic) bond motifs is 1. The molecule has 0 fully saturated rings. The maximum Gasteiger partial charge on any atom is 0.240 e. The number of likely N-dealkylation sites (N-methyl/N-ethyl adjacent to an activating group) is 2. The molecule has 1 aliphatic heterocycles. The molecule has 2 N–H and O–H groups in total. The van der Waals surface area contributed by atoms with Crippen LogP contribution in [0.3, 0.4) is 0 Å². The van der Waals surface area contributed by atoms with Crippen molar-refractivity contribution in [3.05, 3.63) is 88.4 Å². The summed E-state index contributed by atoms with van der Waals surface area (Å²) in [6, 6.07) is 20.3. The smallest absolute Gasteiger partial charge is 0.240 e. The van der Waals surface area contributed by atoms with Gasteiger partial charge in [-0.2, -0.15) is 0 Å². The monoisotopic (exact) mass is 531 g/mol. The number of nitrogens with one attached hydrogen (secondary N) is 2. The second-order valence-corrected chi connectivity index (χ2v) is 9.90. The van der Waals surface area contributed by atoms with Gasteiger partial charge >= 0.3 is 0 Å². The highest BCUT2D eigenvalue weighted by molar-refractivity contribution is 6.31. The van der Waals surface area contributed by atoms with Crippen LogP contribution in [-0.2, 0) is 20.9 Å². The van der Waals surface area contributed by atoms with Crippen LogP contribution in [0.4, 0.5) is 17.1 Å². The number of carbonyl (C=O) groups is 3. The Morgan fingerprint density at radius 2 is 1.76 bits per heavy atom. The van der Waals surface area contributed by atoms with E-state index in [2.05, 4.69) is 10.6 Å². The predicted octanol–water partition coefficient (Wildman–Crippen LogP) is 4.36. The van der Waals surface area contributed by atoms with Crippen LogP contribution in [0.5, 0.6) is 0 Å². The lowest BCUT2D eigenvalue weighted by atomic mass is 9.90. The number of anilines is 2. The third-order valence-corrected chi connectivity index (χ3v) is 6.43. The molecule has 1 atom stereocenters. The molecule has 3 aromatic carbocycles. The molecule has 0 spiro atoms. The molecule has 1 unspecified atom stereocenters. The van der Waals surface area contributed by atoms with E-state index in [1.54, 1.807) is 24.1 Å². The summed E-state index contributed by atoms with van der Waals surface area (Å²) in [5, 5.41) is 6.26. The second kappa shape index (κ2) is 11.6. The first-order valence-corrected chi connectivity index (χ1v) is 12.5. The van der Waals surface area contributed by atoms with Gasteiger partial charge in [-0.25, -0.2) is 0 Å².